The van der Waals surface area contributed by atoms with Crippen LogP contribution in [0, 0.1) is 0 Å². The highest BCUT2D eigenvalue weighted by Gasteiger charge is 2.36. The highest BCUT2D eigenvalue weighted by atomic mass is 32.2. The second kappa shape index (κ2) is 6.16. The predicted octanol–water partition coefficient (Wildman–Crippen LogP) is 0.525. The van der Waals surface area contributed by atoms with Gasteiger partial charge in [0.2, 0.25) is 10.0 Å². The Bertz CT molecular complexity index is 620. The Labute approximate surface area is 131 Å². The topological polar surface area (TPSA) is 70.1 Å². The zero-order chi connectivity index (χ0) is 15.7. The van der Waals surface area contributed by atoms with Crippen LogP contribution in [0.2, 0.25) is 0 Å². The SMILES string of the molecule is COc1ccccc1S(=O)(=O)N1CCC(N2CC(O)C2)CC1. The van der Waals surface area contributed by atoms with Crippen molar-refractivity contribution in [1.82, 2.24) is 9.21 Å². The molecule has 1 N–H and O–H groups in total. The molecule has 2 fully saturated rings. The van der Waals surface area contributed by atoms with Crippen molar-refractivity contribution in [3.8, 4) is 5.75 Å². The van der Waals surface area contributed by atoms with Crippen LogP contribution in [0.15, 0.2) is 29.2 Å². The number of likely N-dealkylation sites (tertiary alicyclic amines) is 1. The summed E-state index contributed by atoms with van der Waals surface area (Å²) in [5.74, 6) is 0.385. The molecule has 0 radical (unpaired) electrons. The number of nitrogens with zero attached hydrogens (tertiary/aromatic N) is 2. The molecule has 3 rings (SSSR count). The summed E-state index contributed by atoms with van der Waals surface area (Å²) in [6.07, 6.45) is 1.40. The van der Waals surface area contributed by atoms with E-state index < -0.39 is 10.0 Å². The lowest BCUT2D eigenvalue weighted by molar-refractivity contribution is -0.0353. The van der Waals surface area contributed by atoms with Crippen molar-refractivity contribution in [2.24, 2.45) is 0 Å². The van der Waals surface area contributed by atoms with Crippen LogP contribution in [-0.4, -0.2) is 68.2 Å². The van der Waals surface area contributed by atoms with E-state index in [1.165, 1.54) is 11.4 Å². The number of sulfonamides is 1. The number of hydrogen-bond donors (Lipinski definition) is 1. The number of aliphatic hydroxyl groups excluding tert-OH is 1. The summed E-state index contributed by atoms with van der Waals surface area (Å²) in [7, 11) is -2.03. The van der Waals surface area contributed by atoms with Crippen LogP contribution in [0.25, 0.3) is 0 Å². The van der Waals surface area contributed by atoms with Gasteiger partial charge in [0.1, 0.15) is 10.6 Å². The van der Waals surface area contributed by atoms with Crippen molar-refractivity contribution in [2.75, 3.05) is 33.3 Å². The smallest absolute Gasteiger partial charge is 0.246 e. The van der Waals surface area contributed by atoms with Crippen molar-refractivity contribution in [2.45, 2.75) is 29.9 Å². The largest absolute Gasteiger partial charge is 0.495 e. The van der Waals surface area contributed by atoms with Crippen molar-refractivity contribution in [3.05, 3.63) is 24.3 Å². The Morgan fingerprint density at radius 1 is 1.18 bits per heavy atom. The van der Waals surface area contributed by atoms with Gasteiger partial charge in [-0.25, -0.2) is 8.42 Å². The van der Waals surface area contributed by atoms with Crippen LogP contribution in [0.3, 0.4) is 0 Å². The van der Waals surface area contributed by atoms with Gasteiger partial charge in [-0.05, 0) is 25.0 Å². The molecule has 2 aliphatic heterocycles. The number of ether oxygens (including phenoxy) is 1. The maximum absolute atomic E-state index is 12.8. The van der Waals surface area contributed by atoms with E-state index in [0.717, 1.165) is 12.8 Å². The number of rotatable bonds is 4. The van der Waals surface area contributed by atoms with Crippen LogP contribution in [0.5, 0.6) is 5.75 Å². The summed E-state index contributed by atoms with van der Waals surface area (Å²) in [6.45, 7) is 2.45. The molecule has 6 nitrogen and oxygen atoms in total. The fourth-order valence-corrected chi connectivity index (χ4v) is 4.83. The van der Waals surface area contributed by atoms with E-state index in [-0.39, 0.29) is 11.0 Å². The first kappa shape index (κ1) is 15.7. The Morgan fingerprint density at radius 2 is 1.82 bits per heavy atom. The number of aliphatic hydroxyl groups is 1. The molecule has 0 atom stereocenters. The average Bonchev–Trinajstić information content (AvgIpc) is 2.52. The quantitative estimate of drug-likeness (QED) is 0.874. The third-order valence-corrected chi connectivity index (χ3v) is 6.46. The van der Waals surface area contributed by atoms with Crippen LogP contribution in [0.4, 0.5) is 0 Å². The molecule has 0 unspecified atom stereocenters. The zero-order valence-corrected chi connectivity index (χ0v) is 13.5. The lowest BCUT2D eigenvalue weighted by Crippen LogP contribution is -2.58. The Kier molecular flexibility index (Phi) is 4.40. The molecule has 0 amide bonds. The fraction of sp³-hybridized carbons (Fsp3) is 0.600. The minimum absolute atomic E-state index is 0.213. The second-order valence-electron chi connectivity index (χ2n) is 5.89. The Hall–Kier alpha value is -1.15. The third kappa shape index (κ3) is 2.86. The molecule has 2 heterocycles. The summed E-state index contributed by atoms with van der Waals surface area (Å²) >= 11 is 0. The van der Waals surface area contributed by atoms with E-state index >= 15 is 0 Å². The van der Waals surface area contributed by atoms with E-state index in [1.54, 1.807) is 24.3 Å². The minimum atomic E-state index is -3.51. The molecule has 0 saturated carbocycles. The second-order valence-corrected chi connectivity index (χ2v) is 7.80. The third-order valence-electron chi connectivity index (χ3n) is 4.52. The molecule has 0 spiro atoms. The van der Waals surface area contributed by atoms with Crippen molar-refractivity contribution in [3.63, 3.8) is 0 Å². The molecule has 7 heteroatoms. The van der Waals surface area contributed by atoms with Gasteiger partial charge in [0.25, 0.3) is 0 Å². The summed E-state index contributed by atoms with van der Waals surface area (Å²) in [6, 6.07) is 7.11. The molecule has 22 heavy (non-hydrogen) atoms. The van der Waals surface area contributed by atoms with Gasteiger partial charge in [-0.15, -0.1) is 0 Å². The molecule has 1 aromatic carbocycles. The van der Waals surface area contributed by atoms with Gasteiger partial charge in [0.15, 0.2) is 0 Å². The van der Waals surface area contributed by atoms with Crippen LogP contribution in [-0.2, 0) is 10.0 Å². The first-order valence-electron chi connectivity index (χ1n) is 7.57. The van der Waals surface area contributed by atoms with Gasteiger partial charge in [-0.1, -0.05) is 12.1 Å². The molecule has 0 aliphatic carbocycles. The first-order chi connectivity index (χ1) is 10.5. The number of hydrogen-bond acceptors (Lipinski definition) is 5. The summed E-state index contributed by atoms with van der Waals surface area (Å²) < 4.78 is 32.3. The molecule has 2 saturated heterocycles. The van der Waals surface area contributed by atoms with Gasteiger partial charge in [-0.3, -0.25) is 4.90 Å². The number of benzene rings is 1. The van der Waals surface area contributed by atoms with E-state index in [4.69, 9.17) is 4.74 Å². The highest BCUT2D eigenvalue weighted by Crippen LogP contribution is 2.29. The van der Waals surface area contributed by atoms with Crippen LogP contribution in [0.1, 0.15) is 12.8 Å². The summed E-state index contributed by atoms with van der Waals surface area (Å²) in [5, 5.41) is 9.37. The molecular weight excluding hydrogens is 304 g/mol. The van der Waals surface area contributed by atoms with Gasteiger partial charge in [-0.2, -0.15) is 4.31 Å². The lowest BCUT2D eigenvalue weighted by Gasteiger charge is -2.45. The van der Waals surface area contributed by atoms with E-state index in [0.29, 0.717) is 38.0 Å². The number of methoxy groups -OCH3 is 1. The molecule has 122 valence electrons. The summed E-state index contributed by atoms with van der Waals surface area (Å²) in [4.78, 5) is 2.47. The van der Waals surface area contributed by atoms with E-state index in [9.17, 15) is 13.5 Å². The van der Waals surface area contributed by atoms with Crippen LogP contribution >= 0.6 is 0 Å². The maximum Gasteiger partial charge on any atom is 0.246 e. The number of para-hydroxylation sites is 1. The Morgan fingerprint density at radius 3 is 2.41 bits per heavy atom. The monoisotopic (exact) mass is 326 g/mol. The van der Waals surface area contributed by atoms with Crippen LogP contribution < -0.4 is 4.74 Å². The van der Waals surface area contributed by atoms with Crippen molar-refractivity contribution in [1.29, 1.82) is 0 Å². The van der Waals surface area contributed by atoms with Crippen molar-refractivity contribution < 1.29 is 18.3 Å². The molecular formula is C15H22N2O4S. The maximum atomic E-state index is 12.8. The van der Waals surface area contributed by atoms with Gasteiger partial charge >= 0.3 is 0 Å². The molecule has 1 aromatic rings. The van der Waals surface area contributed by atoms with Gasteiger partial charge in [0, 0.05) is 32.2 Å². The number of piperidine rings is 1. The Balaban J connectivity index is 1.69. The highest BCUT2D eigenvalue weighted by molar-refractivity contribution is 7.89. The van der Waals surface area contributed by atoms with E-state index in [1.807, 2.05) is 0 Å². The molecule has 0 aromatic heterocycles. The molecule has 2 aliphatic rings. The van der Waals surface area contributed by atoms with Crippen molar-refractivity contribution >= 4 is 10.0 Å². The summed E-state index contributed by atoms with van der Waals surface area (Å²) in [5.41, 5.74) is 0. The standard InChI is InChI=1S/C15H22N2O4S/c1-21-14-4-2-3-5-15(14)22(19,20)17-8-6-12(7-9-17)16-10-13(18)11-16/h2-5,12-13,18H,6-11H2,1H3. The average molecular weight is 326 g/mol. The first-order valence-corrected chi connectivity index (χ1v) is 9.01. The fourth-order valence-electron chi connectivity index (χ4n) is 3.20. The minimum Gasteiger partial charge on any atom is -0.495 e. The van der Waals surface area contributed by atoms with Gasteiger partial charge < -0.3 is 9.84 Å². The predicted molar refractivity (Wildman–Crippen MR) is 82.4 cm³/mol. The van der Waals surface area contributed by atoms with E-state index in [2.05, 4.69) is 4.90 Å². The lowest BCUT2D eigenvalue weighted by atomic mass is 10.00. The molecule has 0 bridgehead atoms. The van der Waals surface area contributed by atoms with Gasteiger partial charge in [0.05, 0.1) is 13.2 Å². The number of β-amino-alcohol motifs (C(OH)–C–C–N with tert-alkyl or cyclic N) is 1. The normalized spacial score (nSPS) is 22.5. The zero-order valence-electron chi connectivity index (χ0n) is 12.7.